The Labute approximate surface area is 144 Å². The van der Waals surface area contributed by atoms with Gasteiger partial charge in [-0.05, 0) is 50.2 Å². The van der Waals surface area contributed by atoms with Crippen LogP contribution < -0.4 is 10.6 Å². The lowest BCUT2D eigenvalue weighted by Gasteiger charge is -2.15. The molecule has 5 nitrogen and oxygen atoms in total. The van der Waals surface area contributed by atoms with Crippen molar-refractivity contribution < 1.29 is 23.1 Å². The quantitative estimate of drug-likeness (QED) is 0.857. The predicted octanol–water partition coefficient (Wildman–Crippen LogP) is 4.02. The highest BCUT2D eigenvalue weighted by molar-refractivity contribution is 5.96. The summed E-state index contributed by atoms with van der Waals surface area (Å²) >= 11 is 0. The summed E-state index contributed by atoms with van der Waals surface area (Å²) in [7, 11) is 0. The van der Waals surface area contributed by atoms with E-state index in [-0.39, 0.29) is 17.7 Å². The number of hydrogen-bond donors (Lipinski definition) is 2. The molecular weight excluding hydrogens is 330 g/mol. The number of hydrogen-bond acceptors (Lipinski definition) is 3. The highest BCUT2D eigenvalue weighted by Gasteiger charge is 2.16. The molecule has 2 aromatic rings. The van der Waals surface area contributed by atoms with Crippen LogP contribution in [0.25, 0.3) is 0 Å². The normalized spacial score (nSPS) is 11.5. The highest BCUT2D eigenvalue weighted by atomic mass is 19.1. The maximum atomic E-state index is 13.8. The molecule has 1 atom stereocenters. The van der Waals surface area contributed by atoms with Gasteiger partial charge in [0.1, 0.15) is 11.6 Å². The van der Waals surface area contributed by atoms with Crippen LogP contribution in [0.5, 0.6) is 0 Å². The van der Waals surface area contributed by atoms with Crippen LogP contribution in [0.15, 0.2) is 42.5 Å². The Hall–Kier alpha value is -2.96. The molecule has 0 radical (unpaired) electrons. The zero-order valence-electron chi connectivity index (χ0n) is 13.8. The van der Waals surface area contributed by atoms with Crippen molar-refractivity contribution >= 4 is 17.7 Å². The smallest absolute Gasteiger partial charge is 0.411 e. The fraction of sp³-hybridized carbons (Fsp3) is 0.222. The Morgan fingerprint density at radius 2 is 1.92 bits per heavy atom. The van der Waals surface area contributed by atoms with Crippen LogP contribution in [0.4, 0.5) is 19.3 Å². The summed E-state index contributed by atoms with van der Waals surface area (Å²) in [6, 6.07) is 8.52. The minimum Gasteiger partial charge on any atom is -0.450 e. The van der Waals surface area contributed by atoms with Gasteiger partial charge in [0.2, 0.25) is 0 Å². The lowest BCUT2D eigenvalue weighted by atomic mass is 10.1. The lowest BCUT2D eigenvalue weighted by molar-refractivity contribution is 0.0939. The van der Waals surface area contributed by atoms with Gasteiger partial charge in [0.25, 0.3) is 5.91 Å². The van der Waals surface area contributed by atoms with E-state index in [2.05, 4.69) is 10.6 Å². The molecule has 0 aliphatic heterocycles. The van der Waals surface area contributed by atoms with Gasteiger partial charge in [0.15, 0.2) is 0 Å². The average Bonchev–Trinajstić information content (AvgIpc) is 2.57. The van der Waals surface area contributed by atoms with Crippen LogP contribution in [0.2, 0.25) is 0 Å². The van der Waals surface area contributed by atoms with Crippen molar-refractivity contribution in [3.8, 4) is 0 Å². The number of rotatable bonds is 5. The van der Waals surface area contributed by atoms with E-state index in [1.54, 1.807) is 32.0 Å². The topological polar surface area (TPSA) is 67.4 Å². The van der Waals surface area contributed by atoms with E-state index in [0.717, 1.165) is 18.2 Å². The zero-order valence-corrected chi connectivity index (χ0v) is 13.8. The summed E-state index contributed by atoms with van der Waals surface area (Å²) in [5.41, 5.74) is 0.697. The second-order valence-corrected chi connectivity index (χ2v) is 5.29. The molecule has 2 rings (SSSR count). The molecule has 0 aliphatic carbocycles. The third-order valence-electron chi connectivity index (χ3n) is 3.42. The summed E-state index contributed by atoms with van der Waals surface area (Å²) in [6.45, 7) is 3.45. The maximum Gasteiger partial charge on any atom is 0.411 e. The van der Waals surface area contributed by atoms with E-state index >= 15 is 0 Å². The minimum absolute atomic E-state index is 0.0501. The Balaban J connectivity index is 2.10. The number of amides is 2. The number of carbonyl (C=O) groups is 2. The van der Waals surface area contributed by atoms with Crippen LogP contribution >= 0.6 is 0 Å². The second-order valence-electron chi connectivity index (χ2n) is 5.29. The molecule has 0 saturated carbocycles. The SMILES string of the molecule is CCOC(=O)Nc1cccc(C(=O)NC(C)c2cc(F)ccc2F)c1. The van der Waals surface area contributed by atoms with Crippen molar-refractivity contribution in [1.82, 2.24) is 5.32 Å². The van der Waals surface area contributed by atoms with Crippen molar-refractivity contribution in [3.05, 3.63) is 65.2 Å². The molecule has 1 unspecified atom stereocenters. The molecule has 2 aromatic carbocycles. The van der Waals surface area contributed by atoms with E-state index in [1.807, 2.05) is 0 Å². The van der Waals surface area contributed by atoms with Crippen molar-refractivity contribution in [2.45, 2.75) is 19.9 Å². The van der Waals surface area contributed by atoms with Crippen LogP contribution in [-0.2, 0) is 4.74 Å². The van der Waals surface area contributed by atoms with E-state index in [4.69, 9.17) is 4.74 Å². The van der Waals surface area contributed by atoms with Crippen molar-refractivity contribution in [1.29, 1.82) is 0 Å². The van der Waals surface area contributed by atoms with Gasteiger partial charge in [-0.1, -0.05) is 6.07 Å². The Morgan fingerprint density at radius 3 is 2.64 bits per heavy atom. The van der Waals surface area contributed by atoms with Crippen LogP contribution in [0.1, 0.15) is 35.8 Å². The molecule has 0 spiro atoms. The molecule has 0 bridgehead atoms. The molecule has 25 heavy (non-hydrogen) atoms. The fourth-order valence-electron chi connectivity index (χ4n) is 2.23. The first-order chi connectivity index (χ1) is 11.9. The van der Waals surface area contributed by atoms with E-state index in [0.29, 0.717) is 5.69 Å². The molecule has 7 heteroatoms. The molecule has 0 aliphatic rings. The molecular formula is C18H18F2N2O3. The largest absolute Gasteiger partial charge is 0.450 e. The van der Waals surface area contributed by atoms with Gasteiger partial charge >= 0.3 is 6.09 Å². The molecule has 2 amide bonds. The first-order valence-corrected chi connectivity index (χ1v) is 7.70. The van der Waals surface area contributed by atoms with Gasteiger partial charge in [-0.25, -0.2) is 13.6 Å². The number of nitrogens with one attached hydrogen (secondary N) is 2. The van der Waals surface area contributed by atoms with Crippen LogP contribution in [0.3, 0.4) is 0 Å². The maximum absolute atomic E-state index is 13.8. The molecule has 2 N–H and O–H groups in total. The van der Waals surface area contributed by atoms with Crippen molar-refractivity contribution in [2.75, 3.05) is 11.9 Å². The monoisotopic (exact) mass is 348 g/mol. The third kappa shape index (κ3) is 5.00. The van der Waals surface area contributed by atoms with Crippen LogP contribution in [0, 0.1) is 11.6 Å². The van der Waals surface area contributed by atoms with Gasteiger partial charge in [-0.2, -0.15) is 0 Å². The van der Waals surface area contributed by atoms with Gasteiger partial charge < -0.3 is 10.1 Å². The fourth-order valence-corrected chi connectivity index (χ4v) is 2.23. The summed E-state index contributed by atoms with van der Waals surface area (Å²) in [6.07, 6.45) is -0.629. The number of halogens is 2. The Morgan fingerprint density at radius 1 is 1.16 bits per heavy atom. The average molecular weight is 348 g/mol. The summed E-state index contributed by atoms with van der Waals surface area (Å²) in [5.74, 6) is -1.67. The molecule has 0 heterocycles. The first kappa shape index (κ1) is 18.4. The molecule has 132 valence electrons. The first-order valence-electron chi connectivity index (χ1n) is 7.70. The second kappa shape index (κ2) is 8.23. The number of ether oxygens (including phenoxy) is 1. The molecule has 0 saturated heterocycles. The van der Waals surface area contributed by atoms with Gasteiger partial charge in [-0.15, -0.1) is 0 Å². The van der Waals surface area contributed by atoms with E-state index < -0.39 is 29.7 Å². The summed E-state index contributed by atoms with van der Waals surface area (Å²) in [4.78, 5) is 23.7. The number of anilines is 1. The van der Waals surface area contributed by atoms with E-state index in [9.17, 15) is 18.4 Å². The number of benzene rings is 2. The van der Waals surface area contributed by atoms with Crippen molar-refractivity contribution in [2.24, 2.45) is 0 Å². The van der Waals surface area contributed by atoms with E-state index in [1.165, 1.54) is 6.07 Å². The highest BCUT2D eigenvalue weighted by Crippen LogP contribution is 2.19. The number of carbonyl (C=O) groups excluding carboxylic acids is 2. The van der Waals surface area contributed by atoms with Crippen molar-refractivity contribution in [3.63, 3.8) is 0 Å². The summed E-state index contributed by atoms with van der Waals surface area (Å²) < 4.78 is 31.8. The van der Waals surface area contributed by atoms with Gasteiger partial charge in [-0.3, -0.25) is 10.1 Å². The van der Waals surface area contributed by atoms with Crippen LogP contribution in [-0.4, -0.2) is 18.6 Å². The zero-order chi connectivity index (χ0) is 18.4. The van der Waals surface area contributed by atoms with Gasteiger partial charge in [0.05, 0.1) is 12.6 Å². The third-order valence-corrected chi connectivity index (χ3v) is 3.42. The Kier molecular flexibility index (Phi) is 6.05. The standard InChI is InChI=1S/C18H18F2N2O3/c1-3-25-18(24)22-14-6-4-5-12(9-14)17(23)21-11(2)15-10-13(19)7-8-16(15)20/h4-11H,3H2,1-2H3,(H,21,23)(H,22,24). The molecule has 0 fully saturated rings. The van der Waals surface area contributed by atoms with Gasteiger partial charge in [0, 0.05) is 16.8 Å². The predicted molar refractivity (Wildman–Crippen MR) is 89.3 cm³/mol. The lowest BCUT2D eigenvalue weighted by Crippen LogP contribution is -2.27. The summed E-state index contributed by atoms with van der Waals surface area (Å²) in [5, 5.41) is 5.09. The molecule has 0 aromatic heterocycles. The Bertz CT molecular complexity index is 781. The minimum atomic E-state index is -0.732.